The Labute approximate surface area is 205 Å². The van der Waals surface area contributed by atoms with Gasteiger partial charge in [0.2, 0.25) is 5.91 Å². The molecular formula is C24H30N4O7. The largest absolute Gasteiger partial charge is 0.461 e. The normalized spacial score (nSPS) is 20.9. The summed E-state index contributed by atoms with van der Waals surface area (Å²) < 4.78 is 31.6. The molecule has 1 unspecified atom stereocenters. The Kier molecular flexibility index (Phi) is 8.10. The predicted molar refractivity (Wildman–Crippen MR) is 126 cm³/mol. The molecule has 2 heterocycles. The van der Waals surface area contributed by atoms with Gasteiger partial charge in [0.05, 0.1) is 21.9 Å². The molecule has 11 nitrogen and oxygen atoms in total. The molecule has 1 saturated heterocycles. The van der Waals surface area contributed by atoms with E-state index in [4.69, 9.17) is 17.0 Å². The molecule has 35 heavy (non-hydrogen) atoms. The van der Waals surface area contributed by atoms with Gasteiger partial charge in [-0.2, -0.15) is 4.98 Å². The Morgan fingerprint density at radius 2 is 2.06 bits per heavy atom. The van der Waals surface area contributed by atoms with E-state index in [1.54, 1.807) is 24.3 Å². The Balaban J connectivity index is 1.52. The van der Waals surface area contributed by atoms with Gasteiger partial charge in [0, 0.05) is 32.3 Å². The van der Waals surface area contributed by atoms with Crippen LogP contribution in [0.3, 0.4) is 0 Å². The van der Waals surface area contributed by atoms with Crippen molar-refractivity contribution in [3.63, 3.8) is 0 Å². The van der Waals surface area contributed by atoms with Gasteiger partial charge >= 0.3 is 11.7 Å². The number of hydrogen-bond acceptors (Lipinski definition) is 8. The van der Waals surface area contributed by atoms with Crippen LogP contribution in [0.2, 0.25) is 0 Å². The first kappa shape index (κ1) is 23.2. The van der Waals surface area contributed by atoms with Crippen LogP contribution < -0.4 is 16.3 Å². The molecule has 3 rings (SSSR count). The van der Waals surface area contributed by atoms with Crippen LogP contribution in [0, 0.1) is 5.92 Å². The number of esters is 1. The number of rotatable bonds is 10. The predicted octanol–water partition coefficient (Wildman–Crippen LogP) is 1.63. The fraction of sp³-hybridized carbons (Fsp3) is 0.458. The Morgan fingerprint density at radius 3 is 2.74 bits per heavy atom. The van der Waals surface area contributed by atoms with Gasteiger partial charge in [0.1, 0.15) is 18.7 Å². The number of ether oxygens (including phenoxy) is 3. The average Bonchev–Trinajstić information content (AvgIpc) is 3.24. The van der Waals surface area contributed by atoms with Crippen LogP contribution in [-0.2, 0) is 30.4 Å². The second kappa shape index (κ2) is 12.2. The second-order valence-corrected chi connectivity index (χ2v) is 8.16. The molecule has 1 aliphatic heterocycles. The first-order chi connectivity index (χ1) is 17.7. The molecule has 11 heteroatoms. The summed E-state index contributed by atoms with van der Waals surface area (Å²) in [5, 5.41) is 5.01. The van der Waals surface area contributed by atoms with Crippen LogP contribution in [0.25, 0.3) is 0 Å². The summed E-state index contributed by atoms with van der Waals surface area (Å²) in [7, 11) is 0.0902. The average molecular weight is 490 g/mol. The molecular weight excluding hydrogens is 456 g/mol. The fourth-order valence-corrected chi connectivity index (χ4v) is 3.56. The SMILES string of the molecule is [2H]C([3H])OC[C@H]1O[C@@H](n2ccc(NC(=O)c3ccc(COC(=O)CCC(=O)NC)cc3)nc2=O)C[C@@H]1C. The molecule has 1 aromatic carbocycles. The molecule has 2 N–H and O–H groups in total. The molecule has 0 bridgehead atoms. The first-order valence-corrected chi connectivity index (χ1v) is 11.1. The molecule has 188 valence electrons. The maximum Gasteiger partial charge on any atom is 0.351 e. The van der Waals surface area contributed by atoms with E-state index >= 15 is 0 Å². The van der Waals surface area contributed by atoms with Crippen molar-refractivity contribution in [2.75, 3.05) is 26.0 Å². The van der Waals surface area contributed by atoms with Gasteiger partial charge in [-0.3, -0.25) is 19.0 Å². The van der Waals surface area contributed by atoms with Crippen LogP contribution in [0.1, 0.15) is 51.1 Å². The summed E-state index contributed by atoms with van der Waals surface area (Å²) in [5.41, 5.74) is 0.392. The lowest BCUT2D eigenvalue weighted by Crippen LogP contribution is -2.28. The van der Waals surface area contributed by atoms with Gasteiger partial charge in [-0.25, -0.2) is 4.79 Å². The van der Waals surface area contributed by atoms with E-state index in [-0.39, 0.29) is 49.8 Å². The maximum atomic E-state index is 12.6. The van der Waals surface area contributed by atoms with Crippen LogP contribution in [0.15, 0.2) is 41.3 Å². The summed E-state index contributed by atoms with van der Waals surface area (Å²) in [4.78, 5) is 52.0. The lowest BCUT2D eigenvalue weighted by atomic mass is 10.0. The number of aromatic nitrogens is 2. The van der Waals surface area contributed by atoms with E-state index in [0.29, 0.717) is 17.5 Å². The smallest absolute Gasteiger partial charge is 0.351 e. The fourth-order valence-electron chi connectivity index (χ4n) is 3.56. The number of amides is 2. The third kappa shape index (κ3) is 7.20. The minimum absolute atomic E-state index is 0.00982. The molecule has 0 saturated carbocycles. The lowest BCUT2D eigenvalue weighted by Gasteiger charge is -2.16. The van der Waals surface area contributed by atoms with Crippen molar-refractivity contribution in [2.45, 2.75) is 45.1 Å². The van der Waals surface area contributed by atoms with Crippen molar-refractivity contribution >= 4 is 23.6 Å². The lowest BCUT2D eigenvalue weighted by molar-refractivity contribution is -0.146. The first-order valence-electron chi connectivity index (χ1n) is 12.3. The quantitative estimate of drug-likeness (QED) is 0.481. The van der Waals surface area contributed by atoms with Gasteiger partial charge in [-0.1, -0.05) is 19.1 Å². The second-order valence-electron chi connectivity index (χ2n) is 8.16. The zero-order valence-corrected chi connectivity index (χ0v) is 19.6. The standard InChI is InChI=1S/C24H30N4O7/c1-15-12-21(35-18(15)14-33-3)28-11-10-19(27-24(28)32)26-23(31)17-6-4-16(5-7-17)13-34-22(30)9-8-20(29)25-2/h4-7,10-11,15,18,21H,8-9,12-14H2,1-3H3,(H,25,29)(H,26,27,31,32)/t15-,18+,21+/m0/s1/i3TD/t3?,15-,18+,21+. The van der Waals surface area contributed by atoms with Crippen LogP contribution in [0.5, 0.6) is 0 Å². The van der Waals surface area contributed by atoms with Crippen molar-refractivity contribution in [1.82, 2.24) is 14.9 Å². The van der Waals surface area contributed by atoms with E-state index in [1.807, 2.05) is 6.92 Å². The van der Waals surface area contributed by atoms with Crippen LogP contribution >= 0.6 is 0 Å². The molecule has 0 radical (unpaired) electrons. The number of methoxy groups -OCH3 is 1. The minimum Gasteiger partial charge on any atom is -0.461 e. The van der Waals surface area contributed by atoms with Crippen molar-refractivity contribution < 1.29 is 31.3 Å². The number of nitrogens with zero attached hydrogens (tertiary/aromatic N) is 2. The topological polar surface area (TPSA) is 138 Å². The number of anilines is 1. The monoisotopic (exact) mass is 489 g/mol. The highest BCUT2D eigenvalue weighted by molar-refractivity contribution is 6.03. The van der Waals surface area contributed by atoms with E-state index in [0.717, 1.165) is 0 Å². The molecule has 2 aromatic rings. The van der Waals surface area contributed by atoms with Gasteiger partial charge in [0.15, 0.2) is 0 Å². The van der Waals surface area contributed by atoms with Gasteiger partial charge in [0.25, 0.3) is 5.91 Å². The summed E-state index contributed by atoms with van der Waals surface area (Å²) >= 11 is 0. The number of benzene rings is 1. The molecule has 1 aromatic heterocycles. The number of nitrogens with one attached hydrogen (secondary N) is 2. The van der Waals surface area contributed by atoms with Crippen LogP contribution in [-0.4, -0.2) is 54.2 Å². The Morgan fingerprint density at radius 1 is 1.29 bits per heavy atom. The third-order valence-electron chi connectivity index (χ3n) is 5.63. The van der Waals surface area contributed by atoms with Crippen molar-refractivity contribution in [2.24, 2.45) is 5.92 Å². The van der Waals surface area contributed by atoms with Crippen LogP contribution in [0.4, 0.5) is 5.82 Å². The van der Waals surface area contributed by atoms with E-state index in [2.05, 4.69) is 15.6 Å². The number of carbonyl (C=O) groups excluding carboxylic acids is 3. The summed E-state index contributed by atoms with van der Waals surface area (Å²) in [6.45, 7) is 2.03. The Bertz CT molecular complexity index is 1160. The molecule has 4 atom stereocenters. The van der Waals surface area contributed by atoms with Crippen molar-refractivity contribution in [3.05, 3.63) is 58.1 Å². The van der Waals surface area contributed by atoms with E-state index < -0.39 is 30.9 Å². The number of carbonyl (C=O) groups is 3. The third-order valence-corrected chi connectivity index (χ3v) is 5.63. The van der Waals surface area contributed by atoms with Gasteiger partial charge < -0.3 is 24.8 Å². The van der Waals surface area contributed by atoms with Gasteiger partial charge in [-0.05, 0) is 36.1 Å². The van der Waals surface area contributed by atoms with E-state index in [1.165, 1.54) is 23.9 Å². The summed E-state index contributed by atoms with van der Waals surface area (Å²) in [6.07, 6.45) is 1.15. The zero-order chi connectivity index (χ0) is 26.9. The molecule has 0 aliphatic carbocycles. The minimum atomic E-state index is -1.40. The summed E-state index contributed by atoms with van der Waals surface area (Å²) in [6, 6.07) is 7.87. The Hall–Kier alpha value is -3.57. The molecule has 1 aliphatic rings. The molecule has 1 fully saturated rings. The highest BCUT2D eigenvalue weighted by Crippen LogP contribution is 2.32. The van der Waals surface area contributed by atoms with Crippen molar-refractivity contribution in [1.29, 1.82) is 0 Å². The molecule has 0 spiro atoms. The highest BCUT2D eigenvalue weighted by atomic mass is 16.5. The summed E-state index contributed by atoms with van der Waals surface area (Å²) in [5.74, 6) is -1.07. The highest BCUT2D eigenvalue weighted by Gasteiger charge is 2.33. The maximum absolute atomic E-state index is 12.6. The molecule has 2 amide bonds. The van der Waals surface area contributed by atoms with Gasteiger partial charge in [-0.15, -0.1) is 0 Å². The van der Waals surface area contributed by atoms with E-state index in [9.17, 15) is 19.2 Å². The number of hydrogen-bond donors (Lipinski definition) is 2. The zero-order valence-electron chi connectivity index (χ0n) is 21.6. The van der Waals surface area contributed by atoms with Crippen molar-refractivity contribution in [3.8, 4) is 0 Å².